The van der Waals surface area contributed by atoms with E-state index in [1.54, 1.807) is 0 Å². The fraction of sp³-hybridized carbons (Fsp3) is 0.611. The molecule has 0 radical (unpaired) electrons. The summed E-state index contributed by atoms with van der Waals surface area (Å²) in [4.78, 5) is 14.2. The zero-order chi connectivity index (χ0) is 14.7. The maximum atomic E-state index is 11.8. The highest BCUT2D eigenvalue weighted by Crippen LogP contribution is 2.39. The molecule has 114 valence electrons. The maximum absolute atomic E-state index is 11.8. The normalized spacial score (nSPS) is 25.8. The number of carbonyl (C=O) groups is 1. The van der Waals surface area contributed by atoms with Gasteiger partial charge in [-0.25, -0.2) is 0 Å². The van der Waals surface area contributed by atoms with Gasteiger partial charge < -0.3 is 10.0 Å². The Kier molecular flexibility index (Phi) is 4.29. The van der Waals surface area contributed by atoms with Crippen LogP contribution in [0.2, 0.25) is 0 Å². The van der Waals surface area contributed by atoms with E-state index in [0.29, 0.717) is 5.92 Å². The molecular weight excluding hydrogens is 262 g/mol. The molecule has 3 nitrogen and oxygen atoms in total. The second-order valence-electron chi connectivity index (χ2n) is 6.78. The topological polar surface area (TPSA) is 40.5 Å². The lowest BCUT2D eigenvalue weighted by Crippen LogP contribution is -2.43. The van der Waals surface area contributed by atoms with Crippen molar-refractivity contribution in [1.29, 1.82) is 0 Å². The molecule has 0 aromatic heterocycles. The number of aliphatic carboxylic acids is 1. The molecule has 0 amide bonds. The summed E-state index contributed by atoms with van der Waals surface area (Å²) in [6.45, 7) is 2.79. The molecule has 0 bridgehead atoms. The highest BCUT2D eigenvalue weighted by molar-refractivity contribution is 5.75. The highest BCUT2D eigenvalue weighted by Gasteiger charge is 2.42. The summed E-state index contributed by atoms with van der Waals surface area (Å²) in [6, 6.07) is 10.6. The standard InChI is InChI=1S/C18H25NO2/c20-17(21)18(10-5-2-6-11-18)14-19-12-9-16(13-19)15-7-3-1-4-8-15/h1,3-4,7-8,16H,2,5-6,9-14H2,(H,20,21). The third kappa shape index (κ3) is 3.13. The summed E-state index contributed by atoms with van der Waals surface area (Å²) in [5.74, 6) is -0.00834. The van der Waals surface area contributed by atoms with Crippen molar-refractivity contribution in [2.75, 3.05) is 19.6 Å². The van der Waals surface area contributed by atoms with Gasteiger partial charge in [-0.05, 0) is 37.3 Å². The van der Waals surface area contributed by atoms with Gasteiger partial charge >= 0.3 is 5.97 Å². The van der Waals surface area contributed by atoms with Crippen molar-refractivity contribution in [1.82, 2.24) is 4.90 Å². The smallest absolute Gasteiger partial charge is 0.310 e. The first-order chi connectivity index (χ1) is 10.2. The van der Waals surface area contributed by atoms with Crippen LogP contribution in [-0.2, 0) is 4.79 Å². The second-order valence-corrected chi connectivity index (χ2v) is 6.78. The number of benzene rings is 1. The van der Waals surface area contributed by atoms with E-state index >= 15 is 0 Å². The second kappa shape index (κ2) is 6.18. The van der Waals surface area contributed by atoms with E-state index in [1.165, 1.54) is 12.0 Å². The van der Waals surface area contributed by atoms with Crippen molar-refractivity contribution < 1.29 is 9.90 Å². The first kappa shape index (κ1) is 14.6. The molecule has 2 fully saturated rings. The van der Waals surface area contributed by atoms with Crippen LogP contribution in [0.3, 0.4) is 0 Å². The molecule has 1 aliphatic carbocycles. The molecule has 1 aromatic rings. The average Bonchev–Trinajstić information content (AvgIpc) is 2.97. The van der Waals surface area contributed by atoms with E-state index < -0.39 is 11.4 Å². The molecule has 1 aromatic carbocycles. The Balaban J connectivity index is 1.64. The number of hydrogen-bond donors (Lipinski definition) is 1. The monoisotopic (exact) mass is 287 g/mol. The van der Waals surface area contributed by atoms with Crippen LogP contribution >= 0.6 is 0 Å². The molecule has 1 unspecified atom stereocenters. The van der Waals surface area contributed by atoms with Gasteiger partial charge in [0.1, 0.15) is 0 Å². The summed E-state index contributed by atoms with van der Waals surface area (Å²) >= 11 is 0. The summed E-state index contributed by atoms with van der Waals surface area (Å²) < 4.78 is 0. The number of carboxylic acids is 1. The summed E-state index contributed by atoms with van der Waals surface area (Å²) in [5, 5.41) is 9.71. The fourth-order valence-corrected chi connectivity index (χ4v) is 4.07. The Morgan fingerprint density at radius 2 is 1.90 bits per heavy atom. The minimum absolute atomic E-state index is 0.482. The van der Waals surface area contributed by atoms with Gasteiger partial charge in [-0.2, -0.15) is 0 Å². The van der Waals surface area contributed by atoms with Crippen LogP contribution < -0.4 is 0 Å². The number of hydrogen-bond acceptors (Lipinski definition) is 2. The molecule has 3 heteroatoms. The van der Waals surface area contributed by atoms with Gasteiger partial charge in [0.05, 0.1) is 5.41 Å². The molecule has 1 atom stereocenters. The summed E-state index contributed by atoms with van der Waals surface area (Å²) in [5.41, 5.74) is 0.914. The fourth-order valence-electron chi connectivity index (χ4n) is 4.07. The maximum Gasteiger partial charge on any atom is 0.310 e. The van der Waals surface area contributed by atoms with Crippen LogP contribution in [0.4, 0.5) is 0 Å². The van der Waals surface area contributed by atoms with E-state index in [4.69, 9.17) is 0 Å². The van der Waals surface area contributed by atoms with Crippen LogP contribution in [0.5, 0.6) is 0 Å². The van der Waals surface area contributed by atoms with Gasteiger partial charge in [0.15, 0.2) is 0 Å². The van der Waals surface area contributed by atoms with Crippen molar-refractivity contribution in [2.24, 2.45) is 5.41 Å². The van der Waals surface area contributed by atoms with Crippen LogP contribution in [0.15, 0.2) is 30.3 Å². The largest absolute Gasteiger partial charge is 0.481 e. The zero-order valence-electron chi connectivity index (χ0n) is 12.6. The molecule has 1 heterocycles. The van der Waals surface area contributed by atoms with Crippen molar-refractivity contribution in [2.45, 2.75) is 44.4 Å². The first-order valence-corrected chi connectivity index (χ1v) is 8.20. The molecule has 21 heavy (non-hydrogen) atoms. The Labute approximate surface area is 127 Å². The van der Waals surface area contributed by atoms with Crippen molar-refractivity contribution in [3.8, 4) is 0 Å². The predicted octanol–water partition coefficient (Wildman–Crippen LogP) is 3.51. The summed E-state index contributed by atoms with van der Waals surface area (Å²) in [7, 11) is 0. The van der Waals surface area contributed by atoms with Crippen molar-refractivity contribution in [3.63, 3.8) is 0 Å². The van der Waals surface area contributed by atoms with Gasteiger partial charge in [0.2, 0.25) is 0 Å². The minimum atomic E-state index is -0.578. The van der Waals surface area contributed by atoms with Crippen LogP contribution in [-0.4, -0.2) is 35.6 Å². The van der Waals surface area contributed by atoms with E-state index in [0.717, 1.165) is 51.7 Å². The van der Waals surface area contributed by atoms with Crippen molar-refractivity contribution in [3.05, 3.63) is 35.9 Å². The Morgan fingerprint density at radius 3 is 2.57 bits per heavy atom. The van der Waals surface area contributed by atoms with Crippen molar-refractivity contribution >= 4 is 5.97 Å². The van der Waals surface area contributed by atoms with Gasteiger partial charge in [0.25, 0.3) is 0 Å². The van der Waals surface area contributed by atoms with Crippen LogP contribution in [0.1, 0.15) is 50.0 Å². The average molecular weight is 287 g/mol. The first-order valence-electron chi connectivity index (χ1n) is 8.20. The third-order valence-electron chi connectivity index (χ3n) is 5.33. The molecule has 1 aliphatic heterocycles. The molecule has 1 N–H and O–H groups in total. The number of rotatable bonds is 4. The number of likely N-dealkylation sites (tertiary alicyclic amines) is 1. The lowest BCUT2D eigenvalue weighted by Gasteiger charge is -2.36. The third-order valence-corrected chi connectivity index (χ3v) is 5.33. The van der Waals surface area contributed by atoms with Crippen LogP contribution in [0, 0.1) is 5.41 Å². The predicted molar refractivity (Wildman–Crippen MR) is 83.4 cm³/mol. The molecule has 1 saturated heterocycles. The molecule has 1 saturated carbocycles. The molecule has 2 aliphatic rings. The summed E-state index contributed by atoms with van der Waals surface area (Å²) in [6.07, 6.45) is 6.20. The number of carboxylic acid groups (broad SMARTS) is 1. The quantitative estimate of drug-likeness (QED) is 0.921. The van der Waals surface area contributed by atoms with E-state index in [-0.39, 0.29) is 0 Å². The Bertz CT molecular complexity index is 479. The zero-order valence-corrected chi connectivity index (χ0v) is 12.6. The van der Waals surface area contributed by atoms with Crippen LogP contribution in [0.25, 0.3) is 0 Å². The Morgan fingerprint density at radius 1 is 1.19 bits per heavy atom. The lowest BCUT2D eigenvalue weighted by molar-refractivity contribution is -0.152. The number of nitrogens with zero attached hydrogens (tertiary/aromatic N) is 1. The molecular formula is C18H25NO2. The van der Waals surface area contributed by atoms with Gasteiger partial charge in [-0.15, -0.1) is 0 Å². The van der Waals surface area contributed by atoms with Gasteiger partial charge in [-0.1, -0.05) is 49.6 Å². The lowest BCUT2D eigenvalue weighted by atomic mass is 9.73. The SMILES string of the molecule is O=C(O)C1(CN2CCC(c3ccccc3)C2)CCCCC1. The Hall–Kier alpha value is -1.35. The van der Waals surface area contributed by atoms with E-state index in [1.807, 2.05) is 0 Å². The molecule has 3 rings (SSSR count). The highest BCUT2D eigenvalue weighted by atomic mass is 16.4. The van der Waals surface area contributed by atoms with Gasteiger partial charge in [-0.3, -0.25) is 4.79 Å². The molecule has 0 spiro atoms. The minimum Gasteiger partial charge on any atom is -0.481 e. The van der Waals surface area contributed by atoms with Gasteiger partial charge in [0, 0.05) is 13.1 Å². The van der Waals surface area contributed by atoms with E-state index in [9.17, 15) is 9.90 Å². The van der Waals surface area contributed by atoms with E-state index in [2.05, 4.69) is 35.2 Å².